The van der Waals surface area contributed by atoms with Crippen LogP contribution in [0.4, 0.5) is 5.82 Å². The second kappa shape index (κ2) is 7.81. The van der Waals surface area contributed by atoms with E-state index in [1.165, 1.54) is 6.92 Å². The Hall–Kier alpha value is -2.97. The number of anilines is 1. The van der Waals surface area contributed by atoms with Crippen molar-refractivity contribution in [3.63, 3.8) is 0 Å². The van der Waals surface area contributed by atoms with Crippen molar-refractivity contribution in [2.45, 2.75) is 13.5 Å². The summed E-state index contributed by atoms with van der Waals surface area (Å²) in [4.78, 5) is 32.9. The number of piperazine rings is 1. The Kier molecular flexibility index (Phi) is 5.21. The molecule has 3 aromatic heterocycles. The van der Waals surface area contributed by atoms with Gasteiger partial charge in [-0.05, 0) is 30.8 Å². The lowest BCUT2D eigenvalue weighted by Crippen LogP contribution is -2.43. The Balaban J connectivity index is 1.73. The minimum Gasteiger partial charge on any atom is -0.459 e. The van der Waals surface area contributed by atoms with Gasteiger partial charge >= 0.3 is 0 Å². The molecule has 1 saturated heterocycles. The van der Waals surface area contributed by atoms with Crippen molar-refractivity contribution >= 4 is 22.7 Å². The fraction of sp³-hybridized carbons (Fsp3) is 0.381. The predicted molar refractivity (Wildman–Crippen MR) is 112 cm³/mol. The molecule has 29 heavy (non-hydrogen) atoms. The lowest BCUT2D eigenvalue weighted by molar-refractivity contribution is -0.114. The Morgan fingerprint density at radius 2 is 1.97 bits per heavy atom. The van der Waals surface area contributed by atoms with Crippen LogP contribution in [0.3, 0.4) is 0 Å². The summed E-state index contributed by atoms with van der Waals surface area (Å²) in [6, 6.07) is 5.48. The van der Waals surface area contributed by atoms with Crippen molar-refractivity contribution in [2.75, 3.05) is 38.5 Å². The second-order valence-corrected chi connectivity index (χ2v) is 7.60. The normalized spacial score (nSPS) is 15.7. The molecule has 1 amide bonds. The molecule has 1 N–H and O–H groups in total. The number of nitrogens with one attached hydrogen (secondary N) is 1. The molecule has 8 nitrogen and oxygen atoms in total. The quantitative estimate of drug-likeness (QED) is 0.726. The number of carbonyl (C=O) groups is 1. The van der Waals surface area contributed by atoms with Gasteiger partial charge in [0.1, 0.15) is 17.2 Å². The van der Waals surface area contributed by atoms with Gasteiger partial charge in [0, 0.05) is 58.1 Å². The maximum atomic E-state index is 12.7. The van der Waals surface area contributed by atoms with E-state index in [-0.39, 0.29) is 11.5 Å². The van der Waals surface area contributed by atoms with Crippen molar-refractivity contribution in [3.8, 4) is 11.1 Å². The van der Waals surface area contributed by atoms with Crippen molar-refractivity contribution in [3.05, 3.63) is 46.7 Å². The minimum atomic E-state index is -0.187. The average Bonchev–Trinajstić information content (AvgIpc) is 3.10. The number of carbonyl (C=O) groups excluding carboxylic acids is 1. The van der Waals surface area contributed by atoms with Crippen LogP contribution in [-0.4, -0.2) is 58.5 Å². The summed E-state index contributed by atoms with van der Waals surface area (Å²) in [5.41, 5.74) is 2.09. The molecular weight excluding hydrogens is 370 g/mol. The minimum absolute atomic E-state index is 0.0896. The van der Waals surface area contributed by atoms with E-state index in [1.54, 1.807) is 30.1 Å². The lowest BCUT2D eigenvalue weighted by Gasteiger charge is -2.31. The fourth-order valence-corrected chi connectivity index (χ4v) is 3.66. The standard InChI is InChI=1S/C21H25N5O3/c1-14(27)23-19-10-15(4-5-22-19)18-13-25(3)21(28)17-11-16(29-20(17)18)12-26-8-6-24(2)7-9-26/h4-5,10-11,13H,6-9,12H2,1-3H3,(H,22,23,27). The number of nitrogens with zero attached hydrogens (tertiary/aromatic N) is 4. The van der Waals surface area contributed by atoms with Gasteiger partial charge in [0.15, 0.2) is 0 Å². The van der Waals surface area contributed by atoms with Crippen LogP contribution in [0.1, 0.15) is 12.7 Å². The van der Waals surface area contributed by atoms with E-state index in [0.717, 1.165) is 43.1 Å². The monoisotopic (exact) mass is 395 g/mol. The molecule has 0 bridgehead atoms. The predicted octanol–water partition coefficient (Wildman–Crippen LogP) is 1.90. The largest absolute Gasteiger partial charge is 0.459 e. The average molecular weight is 395 g/mol. The molecule has 4 rings (SSSR count). The van der Waals surface area contributed by atoms with Crippen molar-refractivity contribution < 1.29 is 9.21 Å². The number of furan rings is 1. The summed E-state index contributed by atoms with van der Waals surface area (Å²) in [5.74, 6) is 1.05. The number of aromatic nitrogens is 2. The third kappa shape index (κ3) is 4.08. The summed E-state index contributed by atoms with van der Waals surface area (Å²) in [7, 11) is 3.85. The summed E-state index contributed by atoms with van der Waals surface area (Å²) in [6.07, 6.45) is 3.40. The van der Waals surface area contributed by atoms with Crippen LogP contribution in [0.2, 0.25) is 0 Å². The first-order valence-electron chi connectivity index (χ1n) is 9.67. The molecule has 8 heteroatoms. The molecule has 1 aliphatic rings. The van der Waals surface area contributed by atoms with Gasteiger partial charge in [-0.25, -0.2) is 4.98 Å². The van der Waals surface area contributed by atoms with Gasteiger partial charge in [-0.3, -0.25) is 14.5 Å². The highest BCUT2D eigenvalue weighted by Crippen LogP contribution is 2.30. The van der Waals surface area contributed by atoms with E-state index in [1.807, 2.05) is 12.1 Å². The number of hydrogen-bond acceptors (Lipinski definition) is 6. The molecule has 152 valence electrons. The number of hydrogen-bond donors (Lipinski definition) is 1. The zero-order valence-electron chi connectivity index (χ0n) is 16.9. The van der Waals surface area contributed by atoms with E-state index in [0.29, 0.717) is 23.3 Å². The third-order valence-corrected chi connectivity index (χ3v) is 5.25. The smallest absolute Gasteiger partial charge is 0.261 e. The van der Waals surface area contributed by atoms with Crippen LogP contribution >= 0.6 is 0 Å². The molecule has 0 saturated carbocycles. The Morgan fingerprint density at radius 1 is 1.21 bits per heavy atom. The van der Waals surface area contributed by atoms with Crippen molar-refractivity contribution in [1.82, 2.24) is 19.4 Å². The number of rotatable bonds is 4. The summed E-state index contributed by atoms with van der Waals surface area (Å²) in [6.45, 7) is 6.12. The van der Waals surface area contributed by atoms with Crippen LogP contribution in [0.15, 0.2) is 39.8 Å². The molecule has 0 atom stereocenters. The highest BCUT2D eigenvalue weighted by atomic mass is 16.3. The van der Waals surface area contributed by atoms with Gasteiger partial charge in [-0.15, -0.1) is 0 Å². The first kappa shape index (κ1) is 19.4. The molecule has 4 heterocycles. The van der Waals surface area contributed by atoms with E-state index in [2.05, 4.69) is 27.1 Å². The molecule has 0 aromatic carbocycles. The molecule has 1 fully saturated rings. The number of pyridine rings is 2. The van der Waals surface area contributed by atoms with Gasteiger partial charge in [-0.1, -0.05) is 0 Å². The maximum Gasteiger partial charge on any atom is 0.261 e. The number of aryl methyl sites for hydroxylation is 1. The number of amides is 1. The Bertz CT molecular complexity index is 1110. The van der Waals surface area contributed by atoms with E-state index < -0.39 is 0 Å². The van der Waals surface area contributed by atoms with Crippen LogP contribution in [0.5, 0.6) is 0 Å². The van der Waals surface area contributed by atoms with Gasteiger partial charge in [0.05, 0.1) is 11.9 Å². The van der Waals surface area contributed by atoms with Gasteiger partial charge in [0.25, 0.3) is 5.56 Å². The Labute approximate surface area is 168 Å². The molecule has 1 aliphatic heterocycles. The van der Waals surface area contributed by atoms with Gasteiger partial charge in [-0.2, -0.15) is 0 Å². The topological polar surface area (TPSA) is 83.6 Å². The molecule has 0 unspecified atom stereocenters. The van der Waals surface area contributed by atoms with Crippen molar-refractivity contribution in [1.29, 1.82) is 0 Å². The van der Waals surface area contributed by atoms with Crippen molar-refractivity contribution in [2.24, 2.45) is 7.05 Å². The summed E-state index contributed by atoms with van der Waals surface area (Å²) >= 11 is 0. The lowest BCUT2D eigenvalue weighted by atomic mass is 10.1. The van der Waals surface area contributed by atoms with Crippen LogP contribution in [0, 0.1) is 0 Å². The van der Waals surface area contributed by atoms with E-state index in [9.17, 15) is 9.59 Å². The third-order valence-electron chi connectivity index (χ3n) is 5.25. The summed E-state index contributed by atoms with van der Waals surface area (Å²) in [5, 5.41) is 3.25. The highest BCUT2D eigenvalue weighted by Gasteiger charge is 2.19. The first-order chi connectivity index (χ1) is 13.9. The second-order valence-electron chi connectivity index (χ2n) is 7.60. The highest BCUT2D eigenvalue weighted by molar-refractivity contribution is 5.93. The SMILES string of the molecule is CC(=O)Nc1cc(-c2cn(C)c(=O)c3cc(CN4CCN(C)CC4)oc23)ccn1. The number of fused-ring (bicyclic) bond motifs is 1. The zero-order valence-corrected chi connectivity index (χ0v) is 16.9. The van der Waals surface area contributed by atoms with E-state index in [4.69, 9.17) is 4.42 Å². The van der Waals surface area contributed by atoms with Crippen LogP contribution in [-0.2, 0) is 18.4 Å². The van der Waals surface area contributed by atoms with Crippen LogP contribution < -0.4 is 10.9 Å². The molecule has 0 radical (unpaired) electrons. The molecular formula is C21H25N5O3. The zero-order chi connectivity index (χ0) is 20.5. The molecule has 3 aromatic rings. The summed E-state index contributed by atoms with van der Waals surface area (Å²) < 4.78 is 7.72. The van der Waals surface area contributed by atoms with Crippen LogP contribution in [0.25, 0.3) is 22.1 Å². The Morgan fingerprint density at radius 3 is 2.69 bits per heavy atom. The maximum absolute atomic E-state index is 12.7. The molecule has 0 aliphatic carbocycles. The number of likely N-dealkylation sites (N-methyl/N-ethyl adjacent to an activating group) is 1. The van der Waals surface area contributed by atoms with Gasteiger partial charge < -0.3 is 19.2 Å². The fourth-order valence-electron chi connectivity index (χ4n) is 3.66. The first-order valence-corrected chi connectivity index (χ1v) is 9.67. The molecule has 0 spiro atoms. The van der Waals surface area contributed by atoms with Gasteiger partial charge in [0.2, 0.25) is 5.91 Å². The van der Waals surface area contributed by atoms with E-state index >= 15 is 0 Å².